The molecular weight excluding hydrogens is 352 g/mol. The van der Waals surface area contributed by atoms with Crippen LogP contribution in [0.2, 0.25) is 0 Å². The zero-order valence-corrected chi connectivity index (χ0v) is 19.7. The predicted octanol–water partition coefficient (Wildman–Crippen LogP) is 2.14. The first-order valence-corrected chi connectivity index (χ1v) is 9.87. The quantitative estimate of drug-likeness (QED) is 0.588. The van der Waals surface area contributed by atoms with Crippen molar-refractivity contribution in [1.82, 2.24) is 0 Å². The molecule has 0 fully saturated rings. The molecule has 5 heteroatoms. The van der Waals surface area contributed by atoms with Gasteiger partial charge in [0.25, 0.3) is 0 Å². The standard InChI is InChI=1S/4C5H11O.Ti/c4*1-3-5(6)4-2;/h4*5H,3-4H2,1-2H3;/q4*-1;+4. The van der Waals surface area contributed by atoms with Crippen LogP contribution < -0.4 is 20.4 Å². The van der Waals surface area contributed by atoms with E-state index in [1.165, 1.54) is 0 Å². The number of hydrogen-bond donors (Lipinski definition) is 0. The Morgan fingerprint density at radius 2 is 0.440 bits per heavy atom. The van der Waals surface area contributed by atoms with Crippen molar-refractivity contribution < 1.29 is 42.1 Å². The van der Waals surface area contributed by atoms with Gasteiger partial charge in [0.2, 0.25) is 0 Å². The Bertz CT molecular complexity index is 139. The third-order valence-electron chi connectivity index (χ3n) is 3.64. The summed E-state index contributed by atoms with van der Waals surface area (Å²) in [7, 11) is 0. The molecule has 0 rings (SSSR count). The topological polar surface area (TPSA) is 92.2 Å². The monoisotopic (exact) mass is 396 g/mol. The van der Waals surface area contributed by atoms with Crippen LogP contribution in [0.1, 0.15) is 107 Å². The summed E-state index contributed by atoms with van der Waals surface area (Å²) >= 11 is 0. The van der Waals surface area contributed by atoms with E-state index in [-0.39, 0.29) is 46.1 Å². The second-order valence-corrected chi connectivity index (χ2v) is 5.75. The van der Waals surface area contributed by atoms with E-state index in [1.54, 1.807) is 0 Å². The maximum Gasteiger partial charge on any atom is 4.00 e. The summed E-state index contributed by atoms with van der Waals surface area (Å²) in [6, 6.07) is 0. The molecule has 0 spiro atoms. The van der Waals surface area contributed by atoms with Crippen LogP contribution in [-0.4, -0.2) is 24.4 Å². The smallest absolute Gasteiger partial charge is 0.852 e. The van der Waals surface area contributed by atoms with E-state index < -0.39 is 0 Å². The minimum atomic E-state index is -0.315. The molecule has 25 heavy (non-hydrogen) atoms. The Balaban J connectivity index is -0.0000000702. The summed E-state index contributed by atoms with van der Waals surface area (Å²) in [6.07, 6.45) is 4.94. The van der Waals surface area contributed by atoms with Crippen molar-refractivity contribution in [1.29, 1.82) is 0 Å². The molecule has 0 heterocycles. The maximum atomic E-state index is 10.3. The Labute approximate surface area is 173 Å². The van der Waals surface area contributed by atoms with Gasteiger partial charge in [-0.25, -0.2) is 0 Å². The van der Waals surface area contributed by atoms with Crippen LogP contribution in [0.4, 0.5) is 0 Å². The average Bonchev–Trinajstić information content (AvgIpc) is 2.66. The van der Waals surface area contributed by atoms with E-state index in [2.05, 4.69) is 0 Å². The summed E-state index contributed by atoms with van der Waals surface area (Å²) in [4.78, 5) is 0. The van der Waals surface area contributed by atoms with Crippen LogP contribution in [0.3, 0.4) is 0 Å². The summed E-state index contributed by atoms with van der Waals surface area (Å²) < 4.78 is 0. The van der Waals surface area contributed by atoms with Gasteiger partial charge < -0.3 is 20.4 Å². The molecule has 0 saturated heterocycles. The first-order chi connectivity index (χ1) is 11.2. The normalized spacial score (nSPS) is 9.60. The van der Waals surface area contributed by atoms with E-state index in [1.807, 2.05) is 55.4 Å². The summed E-state index contributed by atoms with van der Waals surface area (Å²) in [6.45, 7) is 15.3. The maximum absolute atomic E-state index is 10.3. The van der Waals surface area contributed by atoms with E-state index in [0.29, 0.717) is 0 Å². The van der Waals surface area contributed by atoms with Crippen molar-refractivity contribution in [2.75, 3.05) is 0 Å². The fraction of sp³-hybridized carbons (Fsp3) is 1.00. The largest absolute Gasteiger partial charge is 4.00 e. The molecule has 0 aliphatic rings. The molecule has 0 aromatic heterocycles. The molecule has 152 valence electrons. The van der Waals surface area contributed by atoms with Gasteiger partial charge in [-0.05, 0) is 0 Å². The molecule has 0 bridgehead atoms. The second kappa shape index (κ2) is 32.2. The summed E-state index contributed by atoms with van der Waals surface area (Å²) in [5.74, 6) is 0. The molecule has 0 radical (unpaired) electrons. The van der Waals surface area contributed by atoms with Gasteiger partial charge in [-0.1, -0.05) is 107 Å². The summed E-state index contributed by atoms with van der Waals surface area (Å²) in [5, 5.41) is 41.1. The zero-order valence-electron chi connectivity index (χ0n) is 18.1. The molecule has 0 atom stereocenters. The second-order valence-electron chi connectivity index (χ2n) is 5.75. The SMILES string of the molecule is CCC([O-])CC.CCC([O-])CC.CCC([O-])CC.CCC([O-])CC.[Ti+4]. The van der Waals surface area contributed by atoms with Crippen LogP contribution in [0.15, 0.2) is 0 Å². The van der Waals surface area contributed by atoms with Crippen LogP contribution in [-0.2, 0) is 21.7 Å². The van der Waals surface area contributed by atoms with E-state index in [0.717, 1.165) is 51.4 Å². The molecule has 0 aromatic carbocycles. The van der Waals surface area contributed by atoms with Crippen LogP contribution in [0.5, 0.6) is 0 Å². The summed E-state index contributed by atoms with van der Waals surface area (Å²) in [5.41, 5.74) is 0. The Kier molecular flexibility index (Phi) is 47.0. The van der Waals surface area contributed by atoms with Gasteiger partial charge in [-0.3, -0.25) is 0 Å². The van der Waals surface area contributed by atoms with Crippen LogP contribution >= 0.6 is 0 Å². The van der Waals surface area contributed by atoms with Crippen molar-refractivity contribution >= 4 is 0 Å². The molecule has 0 aliphatic carbocycles. The van der Waals surface area contributed by atoms with Gasteiger partial charge in [-0.15, -0.1) is 24.4 Å². The van der Waals surface area contributed by atoms with Gasteiger partial charge in [0.05, 0.1) is 0 Å². The van der Waals surface area contributed by atoms with E-state index >= 15 is 0 Å². The molecule has 0 saturated carbocycles. The average molecular weight is 396 g/mol. The first kappa shape index (κ1) is 36.5. The molecular formula is C20H44O4Ti. The number of rotatable bonds is 8. The van der Waals surface area contributed by atoms with Crippen molar-refractivity contribution in [3.05, 3.63) is 0 Å². The van der Waals surface area contributed by atoms with Gasteiger partial charge in [0.1, 0.15) is 0 Å². The molecule has 0 unspecified atom stereocenters. The van der Waals surface area contributed by atoms with Gasteiger partial charge >= 0.3 is 21.7 Å². The van der Waals surface area contributed by atoms with Crippen molar-refractivity contribution in [3.8, 4) is 0 Å². The fourth-order valence-electron chi connectivity index (χ4n) is 1.15. The third kappa shape index (κ3) is 45.6. The molecule has 0 N–H and O–H groups in total. The minimum Gasteiger partial charge on any atom is -0.852 e. The van der Waals surface area contributed by atoms with Gasteiger partial charge in [-0.2, -0.15) is 0 Å². The van der Waals surface area contributed by atoms with Crippen molar-refractivity contribution in [2.45, 2.75) is 131 Å². The van der Waals surface area contributed by atoms with Gasteiger partial charge in [0.15, 0.2) is 0 Å². The predicted molar refractivity (Wildman–Crippen MR) is 97.5 cm³/mol. The molecule has 0 amide bonds. The third-order valence-corrected chi connectivity index (χ3v) is 3.64. The Morgan fingerprint density at radius 1 is 0.360 bits per heavy atom. The molecule has 0 aromatic rings. The Hall–Kier alpha value is 0.554. The van der Waals surface area contributed by atoms with Crippen molar-refractivity contribution in [3.63, 3.8) is 0 Å². The molecule has 0 aliphatic heterocycles. The van der Waals surface area contributed by atoms with Crippen LogP contribution in [0, 0.1) is 0 Å². The number of hydrogen-bond acceptors (Lipinski definition) is 4. The zero-order chi connectivity index (χ0) is 20.0. The van der Waals surface area contributed by atoms with E-state index in [9.17, 15) is 20.4 Å². The molecule has 4 nitrogen and oxygen atoms in total. The fourth-order valence-corrected chi connectivity index (χ4v) is 1.15. The van der Waals surface area contributed by atoms with Crippen molar-refractivity contribution in [2.24, 2.45) is 0 Å². The van der Waals surface area contributed by atoms with E-state index in [4.69, 9.17) is 0 Å². The Morgan fingerprint density at radius 3 is 0.440 bits per heavy atom. The minimum absolute atomic E-state index is 0. The van der Waals surface area contributed by atoms with Gasteiger partial charge in [0, 0.05) is 0 Å². The van der Waals surface area contributed by atoms with Crippen LogP contribution in [0.25, 0.3) is 0 Å². The first-order valence-electron chi connectivity index (χ1n) is 9.87.